The fraction of sp³-hybridized carbons (Fsp3) is 0.462. The number of pyridine rings is 1. The molecule has 2 aliphatic carbocycles. The summed E-state index contributed by atoms with van der Waals surface area (Å²) in [6.45, 7) is 1.85. The number of carbonyl (C=O) groups is 1. The summed E-state index contributed by atoms with van der Waals surface area (Å²) in [6, 6.07) is 3.79. The van der Waals surface area contributed by atoms with E-state index in [4.69, 9.17) is 9.47 Å². The van der Waals surface area contributed by atoms with Gasteiger partial charge >= 0.3 is 5.97 Å². The smallest absolute Gasteiger partial charge is 0.343 e. The molecule has 2 aliphatic rings. The van der Waals surface area contributed by atoms with Crippen LogP contribution in [0.25, 0.3) is 21.3 Å². The molecule has 0 N–H and O–H groups in total. The number of hydrogen-bond donors (Lipinski definition) is 0. The van der Waals surface area contributed by atoms with Gasteiger partial charge in [-0.2, -0.15) is 0 Å². The molecule has 1 saturated carbocycles. The maximum absolute atomic E-state index is 15.7. The molecular formula is C26H29FN2O4S. The second-order valence-electron chi connectivity index (χ2n) is 9.25. The predicted molar refractivity (Wildman–Crippen MR) is 132 cm³/mol. The first-order chi connectivity index (χ1) is 16.3. The molecule has 0 aliphatic heterocycles. The molecule has 0 amide bonds. The number of aromatic nitrogens is 1. The minimum atomic E-state index is -0.687. The molecule has 0 radical (unpaired) electrons. The SMILES string of the molecule is CCOC(=O)c1cn(C2CC2)c2c(OC)c(-c3cc4c(s3)CCCC4N(C)C)c(F)cc2c1=O. The first-order valence-electron chi connectivity index (χ1n) is 11.8. The van der Waals surface area contributed by atoms with Crippen LogP contribution in [0.1, 0.15) is 65.5 Å². The Balaban J connectivity index is 1.77. The summed E-state index contributed by atoms with van der Waals surface area (Å²) in [4.78, 5) is 30.0. The minimum absolute atomic E-state index is 0.0733. The maximum Gasteiger partial charge on any atom is 0.343 e. The number of nitrogens with zero attached hydrogens (tertiary/aromatic N) is 2. The molecule has 0 spiro atoms. The van der Waals surface area contributed by atoms with Gasteiger partial charge in [0.1, 0.15) is 11.4 Å². The Kier molecular flexibility index (Phi) is 5.98. The van der Waals surface area contributed by atoms with Crippen molar-refractivity contribution in [2.24, 2.45) is 0 Å². The number of fused-ring (bicyclic) bond motifs is 2. The summed E-state index contributed by atoms with van der Waals surface area (Å²) in [5, 5.41) is 0.142. The molecule has 1 atom stereocenters. The lowest BCUT2D eigenvalue weighted by Crippen LogP contribution is -2.22. The Hall–Kier alpha value is -2.71. The first-order valence-corrected chi connectivity index (χ1v) is 12.6. The number of aryl methyl sites for hydroxylation is 1. The van der Waals surface area contributed by atoms with E-state index in [1.807, 2.05) is 4.57 Å². The van der Waals surface area contributed by atoms with Gasteiger partial charge in [-0.25, -0.2) is 9.18 Å². The molecule has 6 nitrogen and oxygen atoms in total. The number of hydrogen-bond acceptors (Lipinski definition) is 6. The van der Waals surface area contributed by atoms with Crippen LogP contribution < -0.4 is 10.2 Å². The molecule has 1 fully saturated rings. The highest BCUT2D eigenvalue weighted by atomic mass is 32.1. The Morgan fingerprint density at radius 1 is 1.26 bits per heavy atom. The zero-order valence-electron chi connectivity index (χ0n) is 19.9. The lowest BCUT2D eigenvalue weighted by Gasteiger charge is -2.28. The summed E-state index contributed by atoms with van der Waals surface area (Å²) in [5.41, 5.74) is 1.55. The summed E-state index contributed by atoms with van der Waals surface area (Å²) >= 11 is 1.60. The quantitative estimate of drug-likeness (QED) is 0.443. The van der Waals surface area contributed by atoms with E-state index in [1.54, 1.807) is 24.5 Å². The molecule has 180 valence electrons. The van der Waals surface area contributed by atoms with Crippen LogP contribution in [0.4, 0.5) is 4.39 Å². The van der Waals surface area contributed by atoms with Crippen LogP contribution in [-0.2, 0) is 11.2 Å². The summed E-state index contributed by atoms with van der Waals surface area (Å²) in [7, 11) is 5.66. The highest BCUT2D eigenvalue weighted by Gasteiger charge is 2.32. The number of rotatable bonds is 6. The number of halogens is 1. The van der Waals surface area contributed by atoms with Gasteiger partial charge in [0.2, 0.25) is 5.43 Å². The third-order valence-electron chi connectivity index (χ3n) is 6.81. The van der Waals surface area contributed by atoms with Crippen molar-refractivity contribution < 1.29 is 18.7 Å². The van der Waals surface area contributed by atoms with Crippen molar-refractivity contribution in [1.82, 2.24) is 9.47 Å². The largest absolute Gasteiger partial charge is 0.494 e. The topological polar surface area (TPSA) is 60.8 Å². The lowest BCUT2D eigenvalue weighted by atomic mass is 9.92. The molecule has 2 aromatic heterocycles. The van der Waals surface area contributed by atoms with Gasteiger partial charge in [-0.1, -0.05) is 0 Å². The van der Waals surface area contributed by atoms with Crippen molar-refractivity contribution in [2.75, 3.05) is 27.8 Å². The van der Waals surface area contributed by atoms with Crippen molar-refractivity contribution in [3.8, 4) is 16.2 Å². The predicted octanol–water partition coefficient (Wildman–Crippen LogP) is 5.33. The number of benzene rings is 1. The molecule has 0 bridgehead atoms. The Morgan fingerprint density at radius 3 is 2.68 bits per heavy atom. The van der Waals surface area contributed by atoms with Gasteiger partial charge in [0.05, 0.1) is 30.2 Å². The average Bonchev–Trinajstić information content (AvgIpc) is 3.56. The third-order valence-corrected chi connectivity index (χ3v) is 8.04. The van der Waals surface area contributed by atoms with Gasteiger partial charge in [-0.15, -0.1) is 11.3 Å². The van der Waals surface area contributed by atoms with Crippen molar-refractivity contribution in [3.63, 3.8) is 0 Å². The van der Waals surface area contributed by atoms with E-state index in [2.05, 4.69) is 25.1 Å². The Bertz CT molecular complexity index is 1340. The highest BCUT2D eigenvalue weighted by Crippen LogP contribution is 2.48. The number of esters is 1. The molecule has 5 rings (SSSR count). The molecule has 3 aromatic rings. The van der Waals surface area contributed by atoms with Gasteiger partial charge in [-0.3, -0.25) is 4.79 Å². The van der Waals surface area contributed by atoms with Crippen molar-refractivity contribution >= 4 is 28.2 Å². The third kappa shape index (κ3) is 3.73. The highest BCUT2D eigenvalue weighted by molar-refractivity contribution is 7.15. The average molecular weight is 485 g/mol. The second-order valence-corrected chi connectivity index (χ2v) is 10.4. The van der Waals surface area contributed by atoms with Crippen LogP contribution in [0, 0.1) is 5.82 Å². The molecule has 0 saturated heterocycles. The standard InChI is InChI=1S/C26H29FN2O4S/c1-5-33-26(31)17-13-29(14-9-10-14)23-16(24(17)30)11-18(27)22(25(23)32-4)21-12-15-19(28(2)3)7-6-8-20(15)34-21/h11-14,19H,5-10H2,1-4H3. The fourth-order valence-electron chi connectivity index (χ4n) is 5.07. The van der Waals surface area contributed by atoms with E-state index in [-0.39, 0.29) is 23.6 Å². The van der Waals surface area contributed by atoms with Gasteiger partial charge in [0.25, 0.3) is 0 Å². The Labute approximate surface area is 201 Å². The summed E-state index contributed by atoms with van der Waals surface area (Å²) < 4.78 is 28.5. The lowest BCUT2D eigenvalue weighted by molar-refractivity contribution is 0.0524. The van der Waals surface area contributed by atoms with Crippen LogP contribution in [0.15, 0.2) is 23.1 Å². The van der Waals surface area contributed by atoms with E-state index < -0.39 is 17.2 Å². The fourth-order valence-corrected chi connectivity index (χ4v) is 6.37. The van der Waals surface area contributed by atoms with Crippen molar-refractivity contribution in [3.05, 3.63) is 50.4 Å². The molecular weight excluding hydrogens is 455 g/mol. The van der Waals surface area contributed by atoms with E-state index >= 15 is 4.39 Å². The summed E-state index contributed by atoms with van der Waals surface area (Å²) in [5.74, 6) is -0.868. The van der Waals surface area contributed by atoms with Gasteiger partial charge in [-0.05, 0) is 70.8 Å². The monoisotopic (exact) mass is 484 g/mol. The zero-order valence-corrected chi connectivity index (χ0v) is 20.8. The first kappa shape index (κ1) is 23.1. The zero-order chi connectivity index (χ0) is 24.1. The van der Waals surface area contributed by atoms with Crippen LogP contribution in [0.3, 0.4) is 0 Å². The van der Waals surface area contributed by atoms with Crippen LogP contribution >= 0.6 is 11.3 Å². The molecule has 1 aromatic carbocycles. The summed E-state index contributed by atoms with van der Waals surface area (Å²) in [6.07, 6.45) is 6.57. The van der Waals surface area contributed by atoms with Gasteiger partial charge < -0.3 is 18.9 Å². The normalized spacial score (nSPS) is 17.8. The number of ether oxygens (including phenoxy) is 2. The minimum Gasteiger partial charge on any atom is -0.494 e. The van der Waals surface area contributed by atoms with Crippen LogP contribution in [0.2, 0.25) is 0 Å². The maximum atomic E-state index is 15.7. The van der Waals surface area contributed by atoms with Crippen molar-refractivity contribution in [1.29, 1.82) is 0 Å². The molecule has 2 heterocycles. The van der Waals surface area contributed by atoms with Crippen molar-refractivity contribution in [2.45, 2.75) is 51.1 Å². The van der Waals surface area contributed by atoms with E-state index in [1.165, 1.54) is 23.6 Å². The van der Waals surface area contributed by atoms with Crippen LogP contribution in [0.5, 0.6) is 5.75 Å². The molecule has 8 heteroatoms. The van der Waals surface area contributed by atoms with E-state index in [0.29, 0.717) is 22.9 Å². The van der Waals surface area contributed by atoms with Crippen LogP contribution in [-0.4, -0.2) is 43.2 Å². The second kappa shape index (κ2) is 8.82. The van der Waals surface area contributed by atoms with Gasteiger partial charge in [0, 0.05) is 28.0 Å². The van der Waals surface area contributed by atoms with E-state index in [0.717, 1.165) is 37.0 Å². The molecule has 1 unspecified atom stereocenters. The van der Waals surface area contributed by atoms with E-state index in [9.17, 15) is 9.59 Å². The number of thiophene rings is 1. The Morgan fingerprint density at radius 2 is 2.03 bits per heavy atom. The number of carbonyl (C=O) groups excluding carboxylic acids is 1. The number of methoxy groups -OCH3 is 1. The molecule has 34 heavy (non-hydrogen) atoms. The van der Waals surface area contributed by atoms with Gasteiger partial charge in [0.15, 0.2) is 5.75 Å².